The molecule has 0 aliphatic carbocycles. The van der Waals surface area contributed by atoms with Gasteiger partial charge in [0.25, 0.3) is 0 Å². The maximum Gasteiger partial charge on any atom is 0.182 e. The van der Waals surface area contributed by atoms with Gasteiger partial charge in [0.15, 0.2) is 9.84 Å². The minimum Gasteiger partial charge on any atom is -0.223 e. The van der Waals surface area contributed by atoms with E-state index in [1.165, 1.54) is 18.2 Å². The van der Waals surface area contributed by atoms with Gasteiger partial charge in [0.1, 0.15) is 0 Å². The highest BCUT2D eigenvalue weighted by atomic mass is 35.5. The van der Waals surface area contributed by atoms with E-state index in [0.717, 1.165) is 0 Å². The molecule has 3 nitrogen and oxygen atoms in total. The molecule has 1 aromatic rings. The van der Waals surface area contributed by atoms with Gasteiger partial charge < -0.3 is 0 Å². The average molecular weight is 292 g/mol. The molecule has 17 heavy (non-hydrogen) atoms. The van der Waals surface area contributed by atoms with Crippen molar-refractivity contribution in [1.29, 1.82) is 5.26 Å². The molecule has 0 aliphatic rings. The third kappa shape index (κ3) is 3.12. The van der Waals surface area contributed by atoms with Crippen LogP contribution in [0.5, 0.6) is 0 Å². The second-order valence-corrected chi connectivity index (χ2v) is 6.71. The maximum absolute atomic E-state index is 12.1. The number of rotatable bonds is 4. The van der Waals surface area contributed by atoms with Gasteiger partial charge in [-0.1, -0.05) is 11.6 Å². The molecule has 0 N–H and O–H groups in total. The number of benzene rings is 1. The fourth-order valence-corrected chi connectivity index (χ4v) is 3.74. The van der Waals surface area contributed by atoms with Crippen molar-refractivity contribution in [3.8, 4) is 6.07 Å². The number of hydrogen-bond donors (Lipinski definition) is 0. The predicted octanol–water partition coefficient (Wildman–Crippen LogP) is 3.00. The largest absolute Gasteiger partial charge is 0.223 e. The Morgan fingerprint density at radius 3 is 2.59 bits per heavy atom. The Hall–Kier alpha value is -0.760. The van der Waals surface area contributed by atoms with Gasteiger partial charge in [-0.05, 0) is 31.5 Å². The summed E-state index contributed by atoms with van der Waals surface area (Å²) in [6.45, 7) is 1.59. The Kier molecular flexibility index (Phi) is 4.81. The Balaban J connectivity index is 3.21. The van der Waals surface area contributed by atoms with Crippen molar-refractivity contribution in [2.45, 2.75) is 23.5 Å². The van der Waals surface area contributed by atoms with Crippen molar-refractivity contribution in [2.24, 2.45) is 0 Å². The van der Waals surface area contributed by atoms with Gasteiger partial charge in [0, 0.05) is 5.88 Å². The van der Waals surface area contributed by atoms with Crippen LogP contribution in [0.2, 0.25) is 5.02 Å². The predicted molar refractivity (Wildman–Crippen MR) is 68.2 cm³/mol. The van der Waals surface area contributed by atoms with Gasteiger partial charge in [0.05, 0.1) is 26.8 Å². The number of nitrogens with zero attached hydrogens (tertiary/aromatic N) is 1. The lowest BCUT2D eigenvalue weighted by molar-refractivity contribution is 0.581. The Morgan fingerprint density at radius 2 is 2.12 bits per heavy atom. The van der Waals surface area contributed by atoms with Crippen molar-refractivity contribution >= 4 is 33.0 Å². The van der Waals surface area contributed by atoms with Gasteiger partial charge in [-0.3, -0.25) is 0 Å². The summed E-state index contributed by atoms with van der Waals surface area (Å²) in [5.74, 6) is 0.272. The fourth-order valence-electron chi connectivity index (χ4n) is 1.33. The van der Waals surface area contributed by atoms with Gasteiger partial charge in [-0.15, -0.1) is 11.6 Å². The number of halogens is 2. The smallest absolute Gasteiger partial charge is 0.182 e. The van der Waals surface area contributed by atoms with E-state index in [1.54, 1.807) is 6.92 Å². The minimum absolute atomic E-state index is 0.0517. The van der Waals surface area contributed by atoms with Crippen LogP contribution < -0.4 is 0 Å². The zero-order valence-corrected chi connectivity index (χ0v) is 11.5. The molecule has 92 valence electrons. The number of sulfone groups is 1. The summed E-state index contributed by atoms with van der Waals surface area (Å²) in [5, 5.41) is 8.16. The summed E-state index contributed by atoms with van der Waals surface area (Å²) in [7, 11) is -3.48. The number of hydrogen-bond acceptors (Lipinski definition) is 3. The summed E-state index contributed by atoms with van der Waals surface area (Å²) in [5.41, 5.74) is 0.332. The standard InChI is InChI=1S/C11H11Cl2NO2S/c1-8(4-5-12)17(15,16)11-3-2-9(7-14)6-10(11)13/h2-3,6,8H,4-5H2,1H3. The second kappa shape index (κ2) is 5.72. The highest BCUT2D eigenvalue weighted by Gasteiger charge is 2.25. The van der Waals surface area contributed by atoms with Crippen LogP contribution in [-0.4, -0.2) is 19.5 Å². The van der Waals surface area contributed by atoms with Crippen LogP contribution in [-0.2, 0) is 9.84 Å². The van der Waals surface area contributed by atoms with Crippen LogP contribution in [0, 0.1) is 11.3 Å². The molecule has 0 saturated carbocycles. The highest BCUT2D eigenvalue weighted by Crippen LogP contribution is 2.27. The van der Waals surface area contributed by atoms with Crippen LogP contribution in [0.25, 0.3) is 0 Å². The first-order valence-corrected chi connectivity index (χ1v) is 7.39. The second-order valence-electron chi connectivity index (χ2n) is 3.59. The lowest BCUT2D eigenvalue weighted by Crippen LogP contribution is -2.18. The van der Waals surface area contributed by atoms with E-state index in [1.807, 2.05) is 6.07 Å². The van der Waals surface area contributed by atoms with Gasteiger partial charge in [0.2, 0.25) is 0 Å². The zero-order valence-electron chi connectivity index (χ0n) is 9.15. The summed E-state index contributed by atoms with van der Waals surface area (Å²) in [6, 6.07) is 6.05. The number of nitriles is 1. The lowest BCUT2D eigenvalue weighted by Gasteiger charge is -2.12. The summed E-state index contributed by atoms with van der Waals surface area (Å²) >= 11 is 11.4. The Labute approximate surface area is 111 Å². The van der Waals surface area contributed by atoms with Gasteiger partial charge >= 0.3 is 0 Å². The molecule has 1 atom stereocenters. The average Bonchev–Trinajstić information content (AvgIpc) is 2.28. The molecule has 0 aromatic heterocycles. The zero-order chi connectivity index (χ0) is 13.1. The van der Waals surface area contributed by atoms with Crippen LogP contribution >= 0.6 is 23.2 Å². The molecular weight excluding hydrogens is 281 g/mol. The van der Waals surface area contributed by atoms with Gasteiger partial charge in [-0.2, -0.15) is 5.26 Å². The highest BCUT2D eigenvalue weighted by molar-refractivity contribution is 7.92. The quantitative estimate of drug-likeness (QED) is 0.801. The van der Waals surface area contributed by atoms with Crippen molar-refractivity contribution in [3.05, 3.63) is 28.8 Å². The topological polar surface area (TPSA) is 57.9 Å². The molecule has 1 unspecified atom stereocenters. The molecule has 0 bridgehead atoms. The summed E-state index contributed by atoms with van der Waals surface area (Å²) in [6.07, 6.45) is 0.361. The maximum atomic E-state index is 12.1. The SMILES string of the molecule is CC(CCCl)S(=O)(=O)c1ccc(C#N)cc1Cl. The lowest BCUT2D eigenvalue weighted by atomic mass is 10.2. The Bertz CT molecular complexity index is 549. The van der Waals surface area contributed by atoms with E-state index in [0.29, 0.717) is 12.0 Å². The first-order valence-electron chi connectivity index (χ1n) is 4.93. The van der Waals surface area contributed by atoms with Crippen LogP contribution in [0.15, 0.2) is 23.1 Å². The van der Waals surface area contributed by atoms with E-state index in [2.05, 4.69) is 0 Å². The summed E-state index contributed by atoms with van der Waals surface area (Å²) < 4.78 is 24.2. The van der Waals surface area contributed by atoms with Crippen LogP contribution in [0.1, 0.15) is 18.9 Å². The van der Waals surface area contributed by atoms with Gasteiger partial charge in [-0.25, -0.2) is 8.42 Å². The molecule has 0 amide bonds. The molecule has 1 rings (SSSR count). The van der Waals surface area contributed by atoms with Crippen molar-refractivity contribution < 1.29 is 8.42 Å². The monoisotopic (exact) mass is 291 g/mol. The van der Waals surface area contributed by atoms with E-state index in [4.69, 9.17) is 28.5 Å². The van der Waals surface area contributed by atoms with Crippen molar-refractivity contribution in [3.63, 3.8) is 0 Å². The van der Waals surface area contributed by atoms with E-state index < -0.39 is 15.1 Å². The normalized spacial score (nSPS) is 13.1. The molecule has 6 heteroatoms. The van der Waals surface area contributed by atoms with Crippen LogP contribution in [0.3, 0.4) is 0 Å². The molecule has 0 fully saturated rings. The summed E-state index contributed by atoms with van der Waals surface area (Å²) in [4.78, 5) is 0.0517. The first-order chi connectivity index (χ1) is 7.93. The molecule has 1 aromatic carbocycles. The third-order valence-electron chi connectivity index (χ3n) is 2.41. The molecule has 0 radical (unpaired) electrons. The first kappa shape index (κ1) is 14.3. The minimum atomic E-state index is -3.48. The molecule has 0 spiro atoms. The molecule has 0 saturated heterocycles. The molecular formula is C11H11Cl2NO2S. The van der Waals surface area contributed by atoms with Crippen LogP contribution in [0.4, 0.5) is 0 Å². The third-order valence-corrected chi connectivity index (χ3v) is 5.32. The Morgan fingerprint density at radius 1 is 1.47 bits per heavy atom. The molecule has 0 aliphatic heterocycles. The van der Waals surface area contributed by atoms with Crippen molar-refractivity contribution in [1.82, 2.24) is 0 Å². The number of alkyl halides is 1. The van der Waals surface area contributed by atoms with E-state index in [-0.39, 0.29) is 15.8 Å². The van der Waals surface area contributed by atoms with E-state index in [9.17, 15) is 8.42 Å². The fraction of sp³-hybridized carbons (Fsp3) is 0.364. The molecule has 0 heterocycles. The van der Waals surface area contributed by atoms with E-state index >= 15 is 0 Å². The van der Waals surface area contributed by atoms with Crippen molar-refractivity contribution in [2.75, 3.05) is 5.88 Å².